The molecule has 1 aromatic carbocycles. The van der Waals surface area contributed by atoms with Gasteiger partial charge in [0.1, 0.15) is 0 Å². The molecule has 1 unspecified atom stereocenters. The Bertz CT molecular complexity index is 634. The summed E-state index contributed by atoms with van der Waals surface area (Å²) in [5, 5.41) is 2.54. The monoisotopic (exact) mass is 373 g/mol. The predicted molar refractivity (Wildman–Crippen MR) is 82.9 cm³/mol. The van der Waals surface area contributed by atoms with Crippen molar-refractivity contribution in [2.75, 3.05) is 20.3 Å². The topological polar surface area (TPSA) is 72.5 Å². The molecule has 1 amide bonds. The molecule has 0 saturated carbocycles. The minimum atomic E-state index is -4.01. The van der Waals surface area contributed by atoms with Gasteiger partial charge in [-0.2, -0.15) is 0 Å². The lowest BCUT2D eigenvalue weighted by Gasteiger charge is -2.13. The molecular formula is C12H14Cl3NO4S. The van der Waals surface area contributed by atoms with Gasteiger partial charge in [-0.15, -0.1) is 0 Å². The van der Waals surface area contributed by atoms with Crippen molar-refractivity contribution in [2.24, 2.45) is 5.92 Å². The van der Waals surface area contributed by atoms with Gasteiger partial charge >= 0.3 is 0 Å². The zero-order chi connectivity index (χ0) is 16.2. The second-order valence-electron chi connectivity index (χ2n) is 4.48. The molecule has 1 aromatic rings. The SMILES string of the molecule is COCC(C)CNC(=O)c1cc(S(=O)(=O)Cl)cc(Cl)c1Cl. The number of benzene rings is 1. The first-order valence-corrected chi connectivity index (χ1v) is 8.94. The molecule has 0 spiro atoms. The average molecular weight is 375 g/mol. The van der Waals surface area contributed by atoms with Crippen molar-refractivity contribution in [3.63, 3.8) is 0 Å². The van der Waals surface area contributed by atoms with E-state index < -0.39 is 15.0 Å². The zero-order valence-corrected chi connectivity index (χ0v) is 14.4. The van der Waals surface area contributed by atoms with Crippen LogP contribution in [0.5, 0.6) is 0 Å². The fourth-order valence-corrected chi connectivity index (χ4v) is 2.84. The van der Waals surface area contributed by atoms with E-state index in [-0.39, 0.29) is 26.4 Å². The molecule has 0 aromatic heterocycles. The van der Waals surface area contributed by atoms with Crippen LogP contribution in [0.4, 0.5) is 0 Å². The lowest BCUT2D eigenvalue weighted by Crippen LogP contribution is -2.30. The highest BCUT2D eigenvalue weighted by molar-refractivity contribution is 8.13. The summed E-state index contributed by atoms with van der Waals surface area (Å²) in [6, 6.07) is 2.18. The summed E-state index contributed by atoms with van der Waals surface area (Å²) in [5.74, 6) is -0.444. The van der Waals surface area contributed by atoms with Crippen LogP contribution in [0.25, 0.3) is 0 Å². The largest absolute Gasteiger partial charge is 0.384 e. The Balaban J connectivity index is 3.01. The van der Waals surface area contributed by atoms with Crippen LogP contribution in [0.3, 0.4) is 0 Å². The number of nitrogens with one attached hydrogen (secondary N) is 1. The first-order valence-electron chi connectivity index (χ1n) is 5.87. The van der Waals surface area contributed by atoms with Crippen LogP contribution in [0, 0.1) is 5.92 Å². The van der Waals surface area contributed by atoms with E-state index in [4.69, 9.17) is 38.6 Å². The lowest BCUT2D eigenvalue weighted by atomic mass is 10.1. The minimum Gasteiger partial charge on any atom is -0.384 e. The number of ether oxygens (including phenoxy) is 1. The third-order valence-corrected chi connectivity index (χ3v) is 4.73. The Morgan fingerprint density at radius 2 is 2.00 bits per heavy atom. The van der Waals surface area contributed by atoms with Crippen LogP contribution in [-0.2, 0) is 13.8 Å². The summed E-state index contributed by atoms with van der Waals surface area (Å²) < 4.78 is 27.6. The maximum absolute atomic E-state index is 12.1. The molecule has 0 fully saturated rings. The second-order valence-corrected chi connectivity index (χ2v) is 7.83. The Labute approximate surface area is 137 Å². The Hall–Kier alpha value is -0.530. The molecule has 9 heteroatoms. The van der Waals surface area contributed by atoms with E-state index in [1.165, 1.54) is 0 Å². The molecule has 21 heavy (non-hydrogen) atoms. The van der Waals surface area contributed by atoms with Gasteiger partial charge in [0.2, 0.25) is 0 Å². The highest BCUT2D eigenvalue weighted by Crippen LogP contribution is 2.30. The van der Waals surface area contributed by atoms with Gasteiger partial charge in [0, 0.05) is 24.3 Å². The van der Waals surface area contributed by atoms with Gasteiger partial charge in [0.15, 0.2) is 0 Å². The normalized spacial score (nSPS) is 13.0. The number of rotatable bonds is 6. The molecule has 1 N–H and O–H groups in total. The van der Waals surface area contributed by atoms with Gasteiger partial charge in [-0.1, -0.05) is 30.1 Å². The highest BCUT2D eigenvalue weighted by Gasteiger charge is 2.20. The van der Waals surface area contributed by atoms with Gasteiger partial charge < -0.3 is 10.1 Å². The van der Waals surface area contributed by atoms with E-state index in [1.807, 2.05) is 6.92 Å². The summed E-state index contributed by atoms with van der Waals surface area (Å²) >= 11 is 11.8. The lowest BCUT2D eigenvalue weighted by molar-refractivity contribution is 0.0934. The van der Waals surface area contributed by atoms with Crippen LogP contribution >= 0.6 is 33.9 Å². The van der Waals surface area contributed by atoms with Crippen LogP contribution < -0.4 is 5.32 Å². The molecule has 1 atom stereocenters. The van der Waals surface area contributed by atoms with Gasteiger partial charge in [-0.05, 0) is 18.1 Å². The number of hydrogen-bond acceptors (Lipinski definition) is 4. The molecule has 1 rings (SSSR count). The highest BCUT2D eigenvalue weighted by atomic mass is 35.7. The summed E-state index contributed by atoms with van der Waals surface area (Å²) in [5.41, 5.74) is -0.0481. The molecule has 0 radical (unpaired) electrons. The van der Waals surface area contributed by atoms with E-state index in [0.29, 0.717) is 13.2 Å². The molecule has 0 aliphatic rings. The molecule has 0 bridgehead atoms. The number of carbonyl (C=O) groups excluding carboxylic acids is 1. The van der Waals surface area contributed by atoms with Crippen molar-refractivity contribution < 1.29 is 17.9 Å². The molecule has 0 aliphatic carbocycles. The van der Waals surface area contributed by atoms with E-state index in [2.05, 4.69) is 5.32 Å². The third kappa shape index (κ3) is 5.30. The first-order chi connectivity index (χ1) is 9.66. The Morgan fingerprint density at radius 1 is 1.38 bits per heavy atom. The summed E-state index contributed by atoms with van der Waals surface area (Å²) in [6.07, 6.45) is 0. The van der Waals surface area contributed by atoms with Gasteiger partial charge in [-0.3, -0.25) is 4.79 Å². The quantitative estimate of drug-likeness (QED) is 0.777. The van der Waals surface area contributed by atoms with Crippen molar-refractivity contribution in [2.45, 2.75) is 11.8 Å². The van der Waals surface area contributed by atoms with Crippen molar-refractivity contribution in [3.8, 4) is 0 Å². The van der Waals surface area contributed by atoms with Gasteiger partial charge in [0.05, 0.1) is 27.1 Å². The van der Waals surface area contributed by atoms with Crippen LogP contribution in [0.2, 0.25) is 10.0 Å². The van der Waals surface area contributed by atoms with Crippen LogP contribution in [-0.4, -0.2) is 34.6 Å². The Kier molecular flexibility index (Phi) is 6.74. The van der Waals surface area contributed by atoms with Gasteiger partial charge in [-0.25, -0.2) is 8.42 Å². The van der Waals surface area contributed by atoms with Crippen LogP contribution in [0.1, 0.15) is 17.3 Å². The van der Waals surface area contributed by atoms with E-state index in [1.54, 1.807) is 7.11 Å². The van der Waals surface area contributed by atoms with Crippen molar-refractivity contribution >= 4 is 48.8 Å². The zero-order valence-electron chi connectivity index (χ0n) is 11.3. The second kappa shape index (κ2) is 7.65. The standard InChI is InChI=1S/C12H14Cl3NO4S/c1-7(6-20-2)5-16-12(17)9-3-8(21(15,18)19)4-10(13)11(9)14/h3-4,7H,5-6H2,1-2H3,(H,16,17). The molecular weight excluding hydrogens is 361 g/mol. The number of hydrogen-bond donors (Lipinski definition) is 1. The fraction of sp³-hybridized carbons (Fsp3) is 0.417. The molecule has 0 aliphatic heterocycles. The molecule has 0 heterocycles. The van der Waals surface area contributed by atoms with Crippen molar-refractivity contribution in [3.05, 3.63) is 27.7 Å². The van der Waals surface area contributed by atoms with E-state index in [0.717, 1.165) is 12.1 Å². The van der Waals surface area contributed by atoms with Crippen LogP contribution in [0.15, 0.2) is 17.0 Å². The third-order valence-electron chi connectivity index (χ3n) is 2.59. The average Bonchev–Trinajstić information content (AvgIpc) is 2.38. The number of methoxy groups -OCH3 is 1. The summed E-state index contributed by atoms with van der Waals surface area (Å²) in [4.78, 5) is 11.8. The van der Waals surface area contributed by atoms with E-state index >= 15 is 0 Å². The molecule has 5 nitrogen and oxygen atoms in total. The predicted octanol–water partition coefficient (Wildman–Crippen LogP) is 2.93. The summed E-state index contributed by atoms with van der Waals surface area (Å²) in [7, 11) is 2.80. The minimum absolute atomic E-state index is 0.0300. The van der Waals surface area contributed by atoms with Crippen molar-refractivity contribution in [1.82, 2.24) is 5.32 Å². The fourth-order valence-electron chi connectivity index (χ4n) is 1.58. The maximum atomic E-state index is 12.1. The van der Waals surface area contributed by atoms with E-state index in [9.17, 15) is 13.2 Å². The van der Waals surface area contributed by atoms with Crippen molar-refractivity contribution in [1.29, 1.82) is 0 Å². The smallest absolute Gasteiger partial charge is 0.261 e. The molecule has 118 valence electrons. The molecule has 0 saturated heterocycles. The first kappa shape index (κ1) is 18.5. The Morgan fingerprint density at radius 3 is 2.52 bits per heavy atom. The van der Waals surface area contributed by atoms with Gasteiger partial charge in [0.25, 0.3) is 15.0 Å². The maximum Gasteiger partial charge on any atom is 0.261 e. The summed E-state index contributed by atoms with van der Waals surface area (Å²) in [6.45, 7) is 2.71. The number of carbonyl (C=O) groups is 1. The number of halogens is 3. The number of amides is 1.